The maximum atomic E-state index is 6.03. The number of nitrogens with two attached hydrogens (primary N) is 1. The van der Waals surface area contributed by atoms with Gasteiger partial charge in [0, 0.05) is 10.8 Å². The zero-order chi connectivity index (χ0) is 8.32. The van der Waals surface area contributed by atoms with Gasteiger partial charge < -0.3 is 5.73 Å². The van der Waals surface area contributed by atoms with E-state index in [1.807, 2.05) is 17.8 Å². The highest BCUT2D eigenvalue weighted by Gasteiger charge is 2.34. The topological polar surface area (TPSA) is 26.0 Å². The van der Waals surface area contributed by atoms with Crippen LogP contribution in [0.4, 0.5) is 0 Å². The molecule has 64 valence electrons. The van der Waals surface area contributed by atoms with Crippen LogP contribution in [0.2, 0.25) is 0 Å². The molecule has 0 spiro atoms. The molecule has 0 aromatic rings. The van der Waals surface area contributed by atoms with Gasteiger partial charge in [-0.1, -0.05) is 6.08 Å². The lowest BCUT2D eigenvalue weighted by molar-refractivity contribution is 0.488. The van der Waals surface area contributed by atoms with Crippen LogP contribution < -0.4 is 5.73 Å². The number of hydrogen-bond acceptors (Lipinski definition) is 2. The van der Waals surface area contributed by atoms with E-state index in [0.29, 0.717) is 10.8 Å². The summed E-state index contributed by atoms with van der Waals surface area (Å²) in [6.07, 6.45) is 5.47. The van der Waals surface area contributed by atoms with Crippen LogP contribution in [0, 0.1) is 0 Å². The summed E-state index contributed by atoms with van der Waals surface area (Å²) in [5, 5.41) is 0. The highest BCUT2D eigenvalue weighted by molar-refractivity contribution is 8.00. The second-order valence-electron chi connectivity index (χ2n) is 3.40. The zero-order valence-electron chi connectivity index (χ0n) is 7.18. The molecule has 0 bridgehead atoms. The fourth-order valence-electron chi connectivity index (χ4n) is 1.52. The van der Waals surface area contributed by atoms with Crippen molar-refractivity contribution in [3.05, 3.63) is 12.7 Å². The molecule has 0 saturated carbocycles. The summed E-state index contributed by atoms with van der Waals surface area (Å²) in [6.45, 7) is 5.99. The molecule has 0 aromatic heterocycles. The van der Waals surface area contributed by atoms with Gasteiger partial charge in [0.1, 0.15) is 0 Å². The summed E-state index contributed by atoms with van der Waals surface area (Å²) in [4.78, 5) is 0. The van der Waals surface area contributed by atoms with E-state index in [2.05, 4.69) is 13.5 Å². The number of hydrogen-bond donors (Lipinski definition) is 1. The first kappa shape index (κ1) is 9.14. The van der Waals surface area contributed by atoms with E-state index in [1.165, 1.54) is 18.6 Å². The molecule has 1 fully saturated rings. The third-order valence-corrected chi connectivity index (χ3v) is 4.11. The third-order valence-electron chi connectivity index (χ3n) is 2.45. The number of rotatable bonds is 3. The molecule has 0 radical (unpaired) electrons. The van der Waals surface area contributed by atoms with Crippen LogP contribution >= 0.6 is 11.8 Å². The normalized spacial score (nSPS) is 33.6. The van der Waals surface area contributed by atoms with Gasteiger partial charge in [0.25, 0.3) is 0 Å². The van der Waals surface area contributed by atoms with Gasteiger partial charge in [-0.2, -0.15) is 11.8 Å². The monoisotopic (exact) mass is 171 g/mol. The molecular weight excluding hydrogens is 154 g/mol. The van der Waals surface area contributed by atoms with E-state index in [0.717, 1.165) is 6.42 Å². The molecule has 2 unspecified atom stereocenters. The maximum absolute atomic E-state index is 6.03. The summed E-state index contributed by atoms with van der Waals surface area (Å²) < 4.78 is 0.328. The van der Waals surface area contributed by atoms with Gasteiger partial charge in [0.05, 0.1) is 0 Å². The molecular formula is C9H17NS. The summed E-state index contributed by atoms with van der Waals surface area (Å²) in [5.41, 5.74) is 6.03. The van der Waals surface area contributed by atoms with Crippen LogP contribution in [0.15, 0.2) is 12.7 Å². The molecule has 0 aromatic carbocycles. The highest BCUT2D eigenvalue weighted by atomic mass is 32.2. The van der Waals surface area contributed by atoms with E-state index < -0.39 is 0 Å². The first-order chi connectivity index (χ1) is 5.19. The Balaban J connectivity index is 2.48. The zero-order valence-corrected chi connectivity index (χ0v) is 7.99. The van der Waals surface area contributed by atoms with Gasteiger partial charge in [-0.3, -0.25) is 0 Å². The molecule has 1 nitrogen and oxygen atoms in total. The van der Waals surface area contributed by atoms with Gasteiger partial charge in [-0.05, 0) is 31.9 Å². The molecule has 1 aliphatic heterocycles. The van der Waals surface area contributed by atoms with Crippen molar-refractivity contribution in [1.82, 2.24) is 0 Å². The Labute approximate surface area is 73.4 Å². The predicted molar refractivity (Wildman–Crippen MR) is 52.9 cm³/mol. The van der Waals surface area contributed by atoms with Crippen LogP contribution in [0.1, 0.15) is 26.2 Å². The van der Waals surface area contributed by atoms with Gasteiger partial charge in [0.15, 0.2) is 0 Å². The van der Waals surface area contributed by atoms with Gasteiger partial charge >= 0.3 is 0 Å². The lowest BCUT2D eigenvalue weighted by atomic mass is 9.94. The van der Waals surface area contributed by atoms with Crippen LogP contribution in [-0.2, 0) is 0 Å². The average molecular weight is 171 g/mol. The quantitative estimate of drug-likeness (QED) is 0.659. The average Bonchev–Trinajstić information content (AvgIpc) is 2.38. The Morgan fingerprint density at radius 1 is 1.82 bits per heavy atom. The van der Waals surface area contributed by atoms with E-state index in [9.17, 15) is 0 Å². The Kier molecular flexibility index (Phi) is 3.02. The minimum atomic E-state index is 0.299. The van der Waals surface area contributed by atoms with Crippen molar-refractivity contribution >= 4 is 11.8 Å². The molecule has 2 heteroatoms. The molecule has 0 amide bonds. The summed E-state index contributed by atoms with van der Waals surface area (Å²) in [7, 11) is 0. The fraction of sp³-hybridized carbons (Fsp3) is 0.778. The first-order valence-electron chi connectivity index (χ1n) is 4.19. The SMILES string of the molecule is C=CCC(N)C1(C)CCCS1. The second-order valence-corrected chi connectivity index (χ2v) is 5.03. The minimum Gasteiger partial charge on any atom is -0.326 e. The Morgan fingerprint density at radius 3 is 3.00 bits per heavy atom. The van der Waals surface area contributed by atoms with Gasteiger partial charge in [-0.25, -0.2) is 0 Å². The van der Waals surface area contributed by atoms with E-state index in [1.54, 1.807) is 0 Å². The molecule has 1 saturated heterocycles. The maximum Gasteiger partial charge on any atom is 0.0286 e. The van der Waals surface area contributed by atoms with Crippen LogP contribution in [-0.4, -0.2) is 16.5 Å². The van der Waals surface area contributed by atoms with Crippen LogP contribution in [0.5, 0.6) is 0 Å². The van der Waals surface area contributed by atoms with Crippen molar-refractivity contribution in [1.29, 1.82) is 0 Å². The van der Waals surface area contributed by atoms with Crippen LogP contribution in [0.25, 0.3) is 0 Å². The van der Waals surface area contributed by atoms with E-state index in [-0.39, 0.29) is 0 Å². The van der Waals surface area contributed by atoms with E-state index >= 15 is 0 Å². The van der Waals surface area contributed by atoms with Gasteiger partial charge in [0.2, 0.25) is 0 Å². The van der Waals surface area contributed by atoms with Crippen molar-refractivity contribution in [2.45, 2.75) is 37.0 Å². The predicted octanol–water partition coefficient (Wildman–Crippen LogP) is 2.18. The van der Waals surface area contributed by atoms with Gasteiger partial charge in [-0.15, -0.1) is 6.58 Å². The Hall–Kier alpha value is 0.0500. The largest absolute Gasteiger partial charge is 0.326 e. The molecule has 0 aliphatic carbocycles. The first-order valence-corrected chi connectivity index (χ1v) is 5.18. The van der Waals surface area contributed by atoms with Crippen molar-refractivity contribution in [3.63, 3.8) is 0 Å². The lowest BCUT2D eigenvalue weighted by Gasteiger charge is -2.29. The number of thioether (sulfide) groups is 1. The minimum absolute atomic E-state index is 0.299. The van der Waals surface area contributed by atoms with E-state index in [4.69, 9.17) is 5.73 Å². The van der Waals surface area contributed by atoms with Crippen molar-refractivity contribution < 1.29 is 0 Å². The standard InChI is InChI=1S/C9H17NS/c1-3-5-8(10)9(2)6-4-7-11-9/h3,8H,1,4-7,10H2,2H3. The second kappa shape index (κ2) is 3.63. The molecule has 1 aliphatic rings. The highest BCUT2D eigenvalue weighted by Crippen LogP contribution is 2.40. The Morgan fingerprint density at radius 2 is 2.55 bits per heavy atom. The van der Waals surface area contributed by atoms with Crippen molar-refractivity contribution in [2.24, 2.45) is 5.73 Å². The molecule has 11 heavy (non-hydrogen) atoms. The van der Waals surface area contributed by atoms with Crippen molar-refractivity contribution in [2.75, 3.05) is 5.75 Å². The fourth-order valence-corrected chi connectivity index (χ4v) is 2.88. The molecule has 2 atom stereocenters. The molecule has 1 heterocycles. The van der Waals surface area contributed by atoms with Crippen molar-refractivity contribution in [3.8, 4) is 0 Å². The molecule has 2 N–H and O–H groups in total. The smallest absolute Gasteiger partial charge is 0.0286 e. The summed E-state index contributed by atoms with van der Waals surface area (Å²) in [5.74, 6) is 1.28. The van der Waals surface area contributed by atoms with Crippen LogP contribution in [0.3, 0.4) is 0 Å². The Bertz CT molecular complexity index is 138. The summed E-state index contributed by atoms with van der Waals surface area (Å²) >= 11 is 2.02. The summed E-state index contributed by atoms with van der Waals surface area (Å²) in [6, 6.07) is 0.299. The lowest BCUT2D eigenvalue weighted by Crippen LogP contribution is -2.40. The molecule has 1 rings (SSSR count). The third kappa shape index (κ3) is 2.00.